The number of hydrogen-bond acceptors (Lipinski definition) is 3. The van der Waals surface area contributed by atoms with Crippen molar-refractivity contribution in [3.8, 4) is 0 Å². The Hall–Kier alpha value is -1.38. The van der Waals surface area contributed by atoms with Gasteiger partial charge < -0.3 is 4.90 Å². The largest absolute Gasteiger partial charge is 0.357 e. The maximum Gasteiger partial charge on any atom is 0.161 e. The van der Waals surface area contributed by atoms with Gasteiger partial charge in [0.2, 0.25) is 0 Å². The highest BCUT2D eigenvalue weighted by atomic mass is 16.1. The number of pyridine rings is 1. The van der Waals surface area contributed by atoms with Gasteiger partial charge in [0, 0.05) is 24.8 Å². The summed E-state index contributed by atoms with van der Waals surface area (Å²) in [5.74, 6) is 2.70. The zero-order valence-electron chi connectivity index (χ0n) is 11.5. The Labute approximate surface area is 109 Å². The number of carbonyl (C=O) groups is 1. The van der Waals surface area contributed by atoms with Gasteiger partial charge in [-0.2, -0.15) is 0 Å². The molecule has 0 aliphatic carbocycles. The van der Waals surface area contributed by atoms with Gasteiger partial charge >= 0.3 is 0 Å². The summed E-state index contributed by atoms with van der Waals surface area (Å²) in [4.78, 5) is 17.9. The maximum absolute atomic E-state index is 11.2. The molecular weight excluding hydrogens is 224 g/mol. The summed E-state index contributed by atoms with van der Waals surface area (Å²) in [7, 11) is 0. The Morgan fingerprint density at radius 2 is 2.00 bits per heavy atom. The van der Waals surface area contributed by atoms with Crippen molar-refractivity contribution in [1.29, 1.82) is 0 Å². The van der Waals surface area contributed by atoms with E-state index < -0.39 is 0 Å². The highest BCUT2D eigenvalue weighted by Crippen LogP contribution is 2.26. The van der Waals surface area contributed by atoms with E-state index in [0.29, 0.717) is 5.56 Å². The van der Waals surface area contributed by atoms with Crippen LogP contribution in [0.2, 0.25) is 0 Å². The Balaban J connectivity index is 1.99. The number of hydrogen-bond donors (Lipinski definition) is 0. The van der Waals surface area contributed by atoms with Gasteiger partial charge in [0.15, 0.2) is 5.78 Å². The first-order valence-corrected chi connectivity index (χ1v) is 6.80. The van der Waals surface area contributed by atoms with Crippen LogP contribution in [-0.4, -0.2) is 23.9 Å². The summed E-state index contributed by atoms with van der Waals surface area (Å²) in [6, 6.07) is 3.84. The molecule has 2 rings (SSSR count). The minimum absolute atomic E-state index is 0.0764. The van der Waals surface area contributed by atoms with Gasteiger partial charge in [-0.15, -0.1) is 0 Å². The van der Waals surface area contributed by atoms with Crippen molar-refractivity contribution in [1.82, 2.24) is 4.98 Å². The summed E-state index contributed by atoms with van der Waals surface area (Å²) in [6.07, 6.45) is 4.17. The van der Waals surface area contributed by atoms with Crippen LogP contribution in [0, 0.1) is 11.8 Å². The number of ketones is 1. The van der Waals surface area contributed by atoms with E-state index in [4.69, 9.17) is 0 Å². The van der Waals surface area contributed by atoms with Crippen molar-refractivity contribution in [3.05, 3.63) is 23.9 Å². The SMILES string of the molecule is CC(=O)c1ccc(N2CCC(C(C)C)CC2)nc1. The van der Waals surface area contributed by atoms with Crippen LogP contribution in [0.4, 0.5) is 5.82 Å². The fourth-order valence-electron chi connectivity index (χ4n) is 2.58. The molecule has 0 spiro atoms. The smallest absolute Gasteiger partial charge is 0.161 e. The van der Waals surface area contributed by atoms with Crippen LogP contribution >= 0.6 is 0 Å². The molecule has 0 atom stereocenters. The van der Waals surface area contributed by atoms with Gasteiger partial charge in [0.25, 0.3) is 0 Å². The Kier molecular flexibility index (Phi) is 4.00. The van der Waals surface area contributed by atoms with Gasteiger partial charge in [0.05, 0.1) is 0 Å². The first-order valence-electron chi connectivity index (χ1n) is 6.80. The van der Waals surface area contributed by atoms with E-state index in [2.05, 4.69) is 23.7 Å². The molecule has 0 amide bonds. The second-order valence-corrected chi connectivity index (χ2v) is 5.53. The summed E-state index contributed by atoms with van der Waals surface area (Å²) in [5, 5.41) is 0. The monoisotopic (exact) mass is 246 g/mol. The van der Waals surface area contributed by atoms with E-state index in [1.54, 1.807) is 13.1 Å². The van der Waals surface area contributed by atoms with Crippen molar-refractivity contribution < 1.29 is 4.79 Å². The Morgan fingerprint density at radius 1 is 1.33 bits per heavy atom. The number of anilines is 1. The van der Waals surface area contributed by atoms with Crippen molar-refractivity contribution in [2.24, 2.45) is 11.8 Å². The van der Waals surface area contributed by atoms with Crippen molar-refractivity contribution in [2.45, 2.75) is 33.6 Å². The third-order valence-corrected chi connectivity index (χ3v) is 3.96. The number of piperidine rings is 1. The topological polar surface area (TPSA) is 33.2 Å². The normalized spacial score (nSPS) is 17.2. The lowest BCUT2D eigenvalue weighted by Crippen LogP contribution is -2.35. The Bertz CT molecular complexity index is 403. The predicted molar refractivity (Wildman–Crippen MR) is 74.0 cm³/mol. The average Bonchev–Trinajstić information content (AvgIpc) is 2.39. The molecule has 0 aromatic carbocycles. The minimum Gasteiger partial charge on any atom is -0.357 e. The summed E-state index contributed by atoms with van der Waals surface area (Å²) in [6.45, 7) is 8.34. The van der Waals surface area contributed by atoms with Gasteiger partial charge in [-0.1, -0.05) is 13.8 Å². The van der Waals surface area contributed by atoms with E-state index in [1.165, 1.54) is 12.8 Å². The molecule has 18 heavy (non-hydrogen) atoms. The van der Waals surface area contributed by atoms with Gasteiger partial charge in [-0.05, 0) is 43.7 Å². The van der Waals surface area contributed by atoms with Crippen molar-refractivity contribution in [2.75, 3.05) is 18.0 Å². The molecule has 1 aliphatic rings. The molecule has 1 saturated heterocycles. The van der Waals surface area contributed by atoms with Crippen LogP contribution in [0.25, 0.3) is 0 Å². The fourth-order valence-corrected chi connectivity index (χ4v) is 2.58. The lowest BCUT2D eigenvalue weighted by atomic mass is 9.87. The summed E-state index contributed by atoms with van der Waals surface area (Å²) < 4.78 is 0. The number of aromatic nitrogens is 1. The number of Topliss-reactive ketones (excluding diaryl/α,β-unsaturated/α-hetero) is 1. The van der Waals surface area contributed by atoms with E-state index in [0.717, 1.165) is 30.7 Å². The molecule has 0 N–H and O–H groups in total. The highest BCUT2D eigenvalue weighted by Gasteiger charge is 2.22. The first-order chi connectivity index (χ1) is 8.58. The zero-order valence-corrected chi connectivity index (χ0v) is 11.5. The first kappa shape index (κ1) is 13.1. The number of rotatable bonds is 3. The number of carbonyl (C=O) groups excluding carboxylic acids is 1. The van der Waals surface area contributed by atoms with Gasteiger partial charge in [-0.3, -0.25) is 4.79 Å². The molecule has 1 aliphatic heterocycles. The van der Waals surface area contributed by atoms with Crippen LogP contribution in [0.5, 0.6) is 0 Å². The second-order valence-electron chi connectivity index (χ2n) is 5.53. The standard InChI is InChI=1S/C15H22N2O/c1-11(2)13-6-8-17(9-7-13)15-5-4-14(10-16-15)12(3)18/h4-5,10-11,13H,6-9H2,1-3H3. The number of nitrogens with zero attached hydrogens (tertiary/aromatic N) is 2. The third-order valence-electron chi connectivity index (χ3n) is 3.96. The summed E-state index contributed by atoms with van der Waals surface area (Å²) >= 11 is 0. The molecule has 2 heterocycles. The summed E-state index contributed by atoms with van der Waals surface area (Å²) in [5.41, 5.74) is 0.691. The second kappa shape index (κ2) is 5.51. The van der Waals surface area contributed by atoms with Crippen LogP contribution in [0.3, 0.4) is 0 Å². The van der Waals surface area contributed by atoms with Crippen LogP contribution in [0.15, 0.2) is 18.3 Å². The quantitative estimate of drug-likeness (QED) is 0.768. The van der Waals surface area contributed by atoms with Crippen molar-refractivity contribution >= 4 is 11.6 Å². The molecule has 3 heteroatoms. The van der Waals surface area contributed by atoms with E-state index in [1.807, 2.05) is 12.1 Å². The van der Waals surface area contributed by atoms with Crippen LogP contribution < -0.4 is 4.90 Å². The van der Waals surface area contributed by atoms with E-state index in [-0.39, 0.29) is 5.78 Å². The molecule has 0 saturated carbocycles. The fraction of sp³-hybridized carbons (Fsp3) is 0.600. The molecule has 1 aromatic rings. The van der Waals surface area contributed by atoms with Gasteiger partial charge in [0.1, 0.15) is 5.82 Å². The molecule has 1 aromatic heterocycles. The molecule has 0 radical (unpaired) electrons. The maximum atomic E-state index is 11.2. The molecule has 0 bridgehead atoms. The third kappa shape index (κ3) is 2.89. The lowest BCUT2D eigenvalue weighted by molar-refractivity contribution is 0.101. The van der Waals surface area contributed by atoms with Crippen molar-refractivity contribution in [3.63, 3.8) is 0 Å². The molecular formula is C15H22N2O. The molecule has 3 nitrogen and oxygen atoms in total. The Morgan fingerprint density at radius 3 is 2.44 bits per heavy atom. The van der Waals surface area contributed by atoms with Crippen LogP contribution in [-0.2, 0) is 0 Å². The highest BCUT2D eigenvalue weighted by molar-refractivity contribution is 5.93. The average molecular weight is 246 g/mol. The van der Waals surface area contributed by atoms with E-state index >= 15 is 0 Å². The molecule has 1 fully saturated rings. The lowest BCUT2D eigenvalue weighted by Gasteiger charge is -2.34. The zero-order chi connectivity index (χ0) is 13.1. The minimum atomic E-state index is 0.0764. The van der Waals surface area contributed by atoms with E-state index in [9.17, 15) is 4.79 Å². The molecule has 98 valence electrons. The molecule has 0 unspecified atom stereocenters. The van der Waals surface area contributed by atoms with Crippen LogP contribution in [0.1, 0.15) is 44.0 Å². The van der Waals surface area contributed by atoms with Gasteiger partial charge in [-0.25, -0.2) is 4.98 Å². The predicted octanol–water partition coefficient (Wildman–Crippen LogP) is 3.16.